The Hall–Kier alpha value is -6.71. The summed E-state index contributed by atoms with van der Waals surface area (Å²) in [6.07, 6.45) is 0. The van der Waals surface area contributed by atoms with Crippen LogP contribution >= 0.6 is 0 Å². The van der Waals surface area contributed by atoms with Crippen LogP contribution in [0.1, 0.15) is 0 Å². The Labute approximate surface area is 290 Å². The lowest BCUT2D eigenvalue weighted by atomic mass is 9.98. The Kier molecular flexibility index (Phi) is 6.49. The molecule has 0 aliphatic carbocycles. The zero-order chi connectivity index (χ0) is 33.0. The van der Waals surface area contributed by atoms with Gasteiger partial charge in [-0.2, -0.15) is 0 Å². The normalized spacial score (nSPS) is 11.6. The maximum Gasteiger partial charge on any atom is 0.0737 e. The van der Waals surface area contributed by atoms with E-state index < -0.39 is 0 Å². The third-order valence-electron chi connectivity index (χ3n) is 9.90. The van der Waals surface area contributed by atoms with Gasteiger partial charge >= 0.3 is 0 Å². The minimum atomic E-state index is 0.936. The van der Waals surface area contributed by atoms with Crippen LogP contribution in [0.2, 0.25) is 0 Å². The maximum atomic E-state index is 5.58. The lowest BCUT2D eigenvalue weighted by Crippen LogP contribution is -1.98. The summed E-state index contributed by atoms with van der Waals surface area (Å²) in [6.45, 7) is 0. The Bertz CT molecular complexity index is 2670. The molecule has 0 N–H and O–H groups in total. The molecule has 0 aliphatic rings. The van der Waals surface area contributed by atoms with Crippen molar-refractivity contribution in [1.82, 2.24) is 14.1 Å². The SMILES string of the molecule is c1ccc(-c2cc(-c3cccc4c5ccccc5n(-c5ccccc5)c34)nc(-c3cccc4c5ccccc5n(-c5ccccc5)c34)c2)cc1. The number of hydrogen-bond acceptors (Lipinski definition) is 1. The second kappa shape index (κ2) is 11.5. The summed E-state index contributed by atoms with van der Waals surface area (Å²) >= 11 is 0. The van der Waals surface area contributed by atoms with Gasteiger partial charge in [-0.05, 0) is 59.7 Å². The molecule has 0 fully saturated rings. The van der Waals surface area contributed by atoms with Crippen molar-refractivity contribution < 1.29 is 0 Å². The van der Waals surface area contributed by atoms with Crippen molar-refractivity contribution >= 4 is 43.6 Å². The minimum Gasteiger partial charge on any atom is -0.309 e. The van der Waals surface area contributed by atoms with Crippen molar-refractivity contribution in [2.24, 2.45) is 0 Å². The lowest BCUT2D eigenvalue weighted by molar-refractivity contribution is 1.17. The van der Waals surface area contributed by atoms with E-state index in [0.717, 1.165) is 56.0 Å². The fourth-order valence-corrected chi connectivity index (χ4v) is 7.74. The summed E-state index contributed by atoms with van der Waals surface area (Å²) in [5, 5.41) is 4.87. The average molecular weight is 638 g/mol. The molecule has 7 aromatic carbocycles. The molecule has 234 valence electrons. The van der Waals surface area contributed by atoms with E-state index in [1.807, 2.05) is 0 Å². The second-order valence-electron chi connectivity index (χ2n) is 12.8. The minimum absolute atomic E-state index is 0.936. The van der Waals surface area contributed by atoms with Crippen LogP contribution in [-0.4, -0.2) is 14.1 Å². The van der Waals surface area contributed by atoms with Gasteiger partial charge in [-0.1, -0.05) is 140 Å². The zero-order valence-electron chi connectivity index (χ0n) is 27.2. The molecule has 10 aromatic rings. The van der Waals surface area contributed by atoms with E-state index >= 15 is 0 Å². The van der Waals surface area contributed by atoms with E-state index in [9.17, 15) is 0 Å². The molecule has 0 spiro atoms. The zero-order valence-corrected chi connectivity index (χ0v) is 27.2. The van der Waals surface area contributed by atoms with E-state index in [1.165, 1.54) is 32.6 Å². The molecule has 0 amide bonds. The van der Waals surface area contributed by atoms with E-state index in [-0.39, 0.29) is 0 Å². The molecule has 3 nitrogen and oxygen atoms in total. The molecule has 3 heterocycles. The van der Waals surface area contributed by atoms with Gasteiger partial charge in [-0.15, -0.1) is 0 Å². The second-order valence-corrected chi connectivity index (χ2v) is 12.8. The highest BCUT2D eigenvalue weighted by atomic mass is 15.0. The van der Waals surface area contributed by atoms with Crippen LogP contribution in [-0.2, 0) is 0 Å². The van der Waals surface area contributed by atoms with Gasteiger partial charge in [0.1, 0.15) is 0 Å². The first-order valence-electron chi connectivity index (χ1n) is 17.1. The highest BCUT2D eigenvalue weighted by molar-refractivity contribution is 6.15. The van der Waals surface area contributed by atoms with Crippen LogP contribution in [0.3, 0.4) is 0 Å². The Balaban J connectivity index is 1.31. The fraction of sp³-hybridized carbons (Fsp3) is 0. The third kappa shape index (κ3) is 4.41. The standard InChI is InChI=1S/C47H31N3/c1-4-16-32(17-5-1)33-30-42(40-26-14-24-38-36-22-10-12-28-44(36)49(46(38)40)34-18-6-2-7-19-34)48-43(31-33)41-27-15-25-39-37-23-11-13-29-45(37)50(47(39)41)35-20-8-3-9-21-35/h1-31H. The molecule has 0 atom stereocenters. The monoisotopic (exact) mass is 637 g/mol. The summed E-state index contributed by atoms with van der Waals surface area (Å²) in [7, 11) is 0. The van der Waals surface area contributed by atoms with Crippen molar-refractivity contribution in [2.45, 2.75) is 0 Å². The van der Waals surface area contributed by atoms with Gasteiger partial charge in [0.25, 0.3) is 0 Å². The topological polar surface area (TPSA) is 22.8 Å². The van der Waals surface area contributed by atoms with Crippen molar-refractivity contribution in [2.75, 3.05) is 0 Å². The highest BCUT2D eigenvalue weighted by Crippen LogP contribution is 2.42. The molecular weight excluding hydrogens is 607 g/mol. The Morgan fingerprint density at radius 3 is 1.20 bits per heavy atom. The number of pyridine rings is 1. The Morgan fingerprint density at radius 1 is 0.320 bits per heavy atom. The maximum absolute atomic E-state index is 5.58. The number of rotatable bonds is 5. The fourth-order valence-electron chi connectivity index (χ4n) is 7.74. The number of benzene rings is 7. The van der Waals surface area contributed by atoms with Crippen LogP contribution in [0, 0.1) is 0 Å². The van der Waals surface area contributed by atoms with E-state index in [1.54, 1.807) is 0 Å². The van der Waals surface area contributed by atoms with Crippen LogP contribution in [0.5, 0.6) is 0 Å². The number of hydrogen-bond donors (Lipinski definition) is 0. The molecular formula is C47H31N3. The quantitative estimate of drug-likeness (QED) is 0.184. The van der Waals surface area contributed by atoms with Gasteiger partial charge in [0.2, 0.25) is 0 Å². The molecule has 3 aromatic heterocycles. The number of fused-ring (bicyclic) bond motifs is 6. The van der Waals surface area contributed by atoms with Crippen LogP contribution in [0.4, 0.5) is 0 Å². The van der Waals surface area contributed by atoms with Gasteiger partial charge in [0.15, 0.2) is 0 Å². The van der Waals surface area contributed by atoms with Gasteiger partial charge in [-0.3, -0.25) is 0 Å². The third-order valence-corrected chi connectivity index (χ3v) is 9.90. The summed E-state index contributed by atoms with van der Waals surface area (Å²) in [4.78, 5) is 5.58. The molecule has 50 heavy (non-hydrogen) atoms. The Morgan fingerprint density at radius 2 is 0.720 bits per heavy atom. The summed E-state index contributed by atoms with van der Waals surface area (Å²) < 4.78 is 4.79. The van der Waals surface area contributed by atoms with Gasteiger partial charge < -0.3 is 9.13 Å². The summed E-state index contributed by atoms with van der Waals surface area (Å²) in [6, 6.07) is 67.2. The molecule has 0 radical (unpaired) electrons. The van der Waals surface area contributed by atoms with Crippen molar-refractivity contribution in [3.63, 3.8) is 0 Å². The van der Waals surface area contributed by atoms with Crippen LogP contribution in [0.25, 0.3) is 88.6 Å². The van der Waals surface area contributed by atoms with Gasteiger partial charge in [0.05, 0.1) is 33.5 Å². The smallest absolute Gasteiger partial charge is 0.0737 e. The van der Waals surface area contributed by atoms with E-state index in [4.69, 9.17) is 4.98 Å². The number of nitrogens with zero attached hydrogens (tertiary/aromatic N) is 3. The first-order valence-corrected chi connectivity index (χ1v) is 17.1. The molecule has 3 heteroatoms. The number of para-hydroxylation sites is 6. The van der Waals surface area contributed by atoms with Gasteiger partial charge in [0, 0.05) is 44.0 Å². The molecule has 10 rings (SSSR count). The van der Waals surface area contributed by atoms with Crippen molar-refractivity contribution in [3.8, 4) is 45.0 Å². The molecule has 0 saturated carbocycles. The van der Waals surface area contributed by atoms with E-state index in [0.29, 0.717) is 0 Å². The molecule has 0 bridgehead atoms. The largest absolute Gasteiger partial charge is 0.309 e. The highest BCUT2D eigenvalue weighted by Gasteiger charge is 2.21. The first-order chi connectivity index (χ1) is 24.8. The van der Waals surface area contributed by atoms with E-state index in [2.05, 4.69) is 197 Å². The predicted octanol–water partition coefficient (Wildman–Crippen LogP) is 12.3. The first kappa shape index (κ1) is 28.3. The average Bonchev–Trinajstić information content (AvgIpc) is 3.72. The predicted molar refractivity (Wildman–Crippen MR) is 209 cm³/mol. The van der Waals surface area contributed by atoms with Crippen LogP contribution in [0.15, 0.2) is 188 Å². The van der Waals surface area contributed by atoms with Crippen molar-refractivity contribution in [1.29, 1.82) is 0 Å². The summed E-state index contributed by atoms with van der Waals surface area (Å²) in [5.74, 6) is 0. The van der Waals surface area contributed by atoms with Gasteiger partial charge in [-0.25, -0.2) is 4.98 Å². The molecule has 0 unspecified atom stereocenters. The van der Waals surface area contributed by atoms with Crippen molar-refractivity contribution in [3.05, 3.63) is 188 Å². The summed E-state index contributed by atoms with van der Waals surface area (Å²) in [5.41, 5.74) is 13.3. The lowest BCUT2D eigenvalue weighted by Gasteiger charge is -2.15. The molecule has 0 aliphatic heterocycles. The molecule has 0 saturated heterocycles. The van der Waals surface area contributed by atoms with Crippen LogP contribution < -0.4 is 0 Å². The number of aromatic nitrogens is 3.